The summed E-state index contributed by atoms with van der Waals surface area (Å²) < 4.78 is 12.5. The van der Waals surface area contributed by atoms with Gasteiger partial charge < -0.3 is 13.6 Å². The molecule has 12 rings (SSSR count). The molecule has 0 saturated carbocycles. The zero-order chi connectivity index (χ0) is 50.3. The Morgan fingerprint density at radius 1 is 0.581 bits per heavy atom. The van der Waals surface area contributed by atoms with E-state index in [0.29, 0.717) is 6.42 Å². The fraction of sp³-hybridized carbons (Fsp3) is 0.176. The number of fused-ring (bicyclic) bond motifs is 5. The largest absolute Gasteiger partial charge is 0.463 e. The van der Waals surface area contributed by atoms with Crippen molar-refractivity contribution in [2.24, 2.45) is 0 Å². The summed E-state index contributed by atoms with van der Waals surface area (Å²) >= 11 is 0. The van der Waals surface area contributed by atoms with E-state index in [1.54, 1.807) is 6.26 Å². The molecule has 12 aromatic rings. The molecule has 0 aliphatic heterocycles. The summed E-state index contributed by atoms with van der Waals surface area (Å²) in [6.07, 6.45) is 8.14. The number of hydrogen-bond acceptors (Lipinski definition) is 2. The molecule has 0 radical (unpaired) electrons. The normalized spacial score (nSPS) is 12.1. The van der Waals surface area contributed by atoms with Crippen molar-refractivity contribution in [3.8, 4) is 50.6 Å². The van der Waals surface area contributed by atoms with E-state index in [0.717, 1.165) is 94.4 Å². The topological polar surface area (TPSA) is 39.8 Å². The third-order valence-electron chi connectivity index (χ3n) is 14.6. The van der Waals surface area contributed by atoms with Crippen molar-refractivity contribution in [2.75, 3.05) is 0 Å². The Morgan fingerprint density at radius 2 is 1.27 bits per heavy atom. The van der Waals surface area contributed by atoms with Crippen LogP contribution < -0.4 is 4.57 Å². The van der Waals surface area contributed by atoms with E-state index in [-0.39, 0.29) is 31.9 Å². The van der Waals surface area contributed by atoms with E-state index in [1.165, 1.54) is 38.9 Å². The number of nitrogens with zero attached hydrogens (tertiary/aromatic N) is 4. The zero-order valence-corrected chi connectivity index (χ0v) is 45.7. The Kier molecular flexibility index (Phi) is 12.3. The Balaban J connectivity index is 0.00000588. The van der Waals surface area contributed by atoms with Crippen molar-refractivity contribution in [3.05, 3.63) is 234 Å². The average Bonchev–Trinajstić information content (AvgIpc) is 4.09. The maximum Gasteiger partial charge on any atom is 0.268 e. The summed E-state index contributed by atoms with van der Waals surface area (Å²) in [5.74, 6) is 0.825. The molecule has 4 aromatic heterocycles. The van der Waals surface area contributed by atoms with Gasteiger partial charge in [-0.15, -0.1) is 10.9 Å². The molecule has 0 amide bonds. The van der Waals surface area contributed by atoms with Crippen LogP contribution in [0.2, 0.25) is 0 Å². The summed E-state index contributed by atoms with van der Waals surface area (Å²) in [4.78, 5) is 4.91. The maximum atomic E-state index is 5.69. The van der Waals surface area contributed by atoms with E-state index >= 15 is 0 Å². The van der Waals surface area contributed by atoms with Crippen molar-refractivity contribution < 1.29 is 30.0 Å². The van der Waals surface area contributed by atoms with Crippen LogP contribution in [-0.2, 0) is 38.3 Å². The van der Waals surface area contributed by atoms with Gasteiger partial charge in [-0.1, -0.05) is 174 Å². The second-order valence-electron chi connectivity index (χ2n) is 22.0. The summed E-state index contributed by atoms with van der Waals surface area (Å²) in [5, 5.41) is 3.30. The summed E-state index contributed by atoms with van der Waals surface area (Å²) in [7, 11) is 0. The Labute approximate surface area is 449 Å². The third kappa shape index (κ3) is 8.71. The molecule has 6 heteroatoms. The number of rotatable bonds is 8. The van der Waals surface area contributed by atoms with E-state index in [2.05, 4.69) is 252 Å². The Morgan fingerprint density at radius 3 is 2.03 bits per heavy atom. The van der Waals surface area contributed by atoms with Crippen LogP contribution >= 0.6 is 0 Å². The van der Waals surface area contributed by atoms with Crippen molar-refractivity contribution in [2.45, 2.75) is 79.6 Å². The van der Waals surface area contributed by atoms with Crippen molar-refractivity contribution in [3.63, 3.8) is 0 Å². The molecule has 0 spiro atoms. The van der Waals surface area contributed by atoms with E-state index in [9.17, 15) is 0 Å². The molecule has 368 valence electrons. The first-order valence-corrected chi connectivity index (χ1v) is 25.4. The number of hydrogen-bond donors (Lipinski definition) is 0. The van der Waals surface area contributed by atoms with Gasteiger partial charge in [0, 0.05) is 32.0 Å². The molecule has 74 heavy (non-hydrogen) atoms. The second-order valence-corrected chi connectivity index (χ2v) is 22.0. The Bertz CT molecular complexity index is 4100. The number of benzene rings is 8. The van der Waals surface area contributed by atoms with Crippen LogP contribution in [0, 0.1) is 39.2 Å². The van der Waals surface area contributed by atoms with Gasteiger partial charge in [-0.05, 0) is 117 Å². The number of aryl methyl sites for hydroxylation is 3. The van der Waals surface area contributed by atoms with Gasteiger partial charge in [-0.3, -0.25) is 4.57 Å². The van der Waals surface area contributed by atoms with Crippen LogP contribution in [0.25, 0.3) is 94.4 Å². The van der Waals surface area contributed by atoms with Crippen LogP contribution in [0.4, 0.5) is 0 Å². The predicted molar refractivity (Wildman–Crippen MR) is 300 cm³/mol. The average molecular weight is 1140 g/mol. The first-order valence-electron chi connectivity index (χ1n) is 25.4. The number of pyridine rings is 1. The molecule has 8 aromatic carbocycles. The van der Waals surface area contributed by atoms with Gasteiger partial charge in [-0.25, -0.2) is 4.98 Å². The van der Waals surface area contributed by atoms with Crippen LogP contribution in [0.3, 0.4) is 0 Å². The van der Waals surface area contributed by atoms with Crippen LogP contribution in [-0.4, -0.2) is 14.1 Å². The number of para-hydroxylation sites is 3. The van der Waals surface area contributed by atoms with Crippen molar-refractivity contribution >= 4 is 43.8 Å². The van der Waals surface area contributed by atoms with Crippen LogP contribution in [0.15, 0.2) is 181 Å². The van der Waals surface area contributed by atoms with Gasteiger partial charge >= 0.3 is 0 Å². The van der Waals surface area contributed by atoms with E-state index in [4.69, 9.17) is 9.40 Å². The molecule has 0 saturated heterocycles. The first-order chi connectivity index (χ1) is 35.2. The van der Waals surface area contributed by atoms with Gasteiger partial charge in [0.15, 0.2) is 5.58 Å². The van der Waals surface area contributed by atoms with Gasteiger partial charge in [0.1, 0.15) is 5.82 Å². The first kappa shape index (κ1) is 48.7. The van der Waals surface area contributed by atoms with Crippen molar-refractivity contribution in [1.29, 1.82) is 0 Å². The summed E-state index contributed by atoms with van der Waals surface area (Å²) in [6.45, 7) is 20.4. The number of imidazole rings is 1. The molecule has 0 aliphatic carbocycles. The minimum absolute atomic E-state index is 0. The van der Waals surface area contributed by atoms with Crippen LogP contribution in [0.5, 0.6) is 0 Å². The second kappa shape index (κ2) is 18.7. The number of furan rings is 1. The molecule has 0 unspecified atom stereocenters. The monoisotopic (exact) mass is 1140 g/mol. The number of aromatic nitrogens is 4. The molecule has 0 bridgehead atoms. The fourth-order valence-electron chi connectivity index (χ4n) is 11.0. The SMILES string of the molecule is Cc1cc(C)c(-c2cc(Cc3[c-]c4c(cc3)c3ccccc3n4-c3cc4ccoc4cn3)[c-]c(-n3[c-][n+](-c4c(-c5ccccc5)cc(C(C)(C)C)cc4-c4cccc(C(C)(C)C)c4)c4ccccc43)c2)c(C)c1.[Pt]. The van der Waals surface area contributed by atoms with E-state index in [1.807, 2.05) is 12.3 Å². The molecule has 4 heterocycles. The molecule has 0 N–H and O–H groups in total. The molecule has 0 fully saturated rings. The quantitative estimate of drug-likeness (QED) is 0.112. The predicted octanol–water partition coefficient (Wildman–Crippen LogP) is 16.7. The smallest absolute Gasteiger partial charge is 0.268 e. The third-order valence-corrected chi connectivity index (χ3v) is 14.6. The van der Waals surface area contributed by atoms with Gasteiger partial charge in [0.2, 0.25) is 0 Å². The standard InChI is InChI=1S/C68H58N4O.Pt/c1-43-30-44(2)65(45(3)31-43)51-33-47(32-46-26-27-56-55-22-13-14-23-59(55)72(62(56)35-46)64-38-50-28-29-73-63(50)41-69-64)34-54(37-51)70-42-71(61-25-16-15-24-60(61)70)66-57(48-18-11-10-12-19-48)39-53(68(7,8)9)40-58(66)49-20-17-21-52(36-49)67(4,5)6;/h10-31,33,36-41H,32H2,1-9H3;/q-2;. The summed E-state index contributed by atoms with van der Waals surface area (Å²) in [5.41, 5.74) is 22.2. The van der Waals surface area contributed by atoms with Gasteiger partial charge in [-0.2, -0.15) is 47.5 Å². The van der Waals surface area contributed by atoms with Crippen LogP contribution in [0.1, 0.15) is 80.5 Å². The molecule has 5 nitrogen and oxygen atoms in total. The van der Waals surface area contributed by atoms with Gasteiger partial charge in [0.25, 0.3) is 6.33 Å². The van der Waals surface area contributed by atoms with Crippen molar-refractivity contribution in [1.82, 2.24) is 14.1 Å². The maximum absolute atomic E-state index is 5.69. The van der Waals surface area contributed by atoms with E-state index < -0.39 is 0 Å². The minimum Gasteiger partial charge on any atom is -0.463 e. The molecular formula is C68H58N4OPt-2. The Hall–Kier alpha value is -7.59. The molecular weight excluding hydrogens is 1080 g/mol. The minimum atomic E-state index is -0.108. The molecule has 0 atom stereocenters. The molecule has 0 aliphatic rings. The fourth-order valence-corrected chi connectivity index (χ4v) is 11.0. The summed E-state index contributed by atoms with van der Waals surface area (Å²) in [6, 6.07) is 67.7. The zero-order valence-electron chi connectivity index (χ0n) is 43.5. The van der Waals surface area contributed by atoms with Gasteiger partial charge in [0.05, 0.1) is 29.2 Å².